The van der Waals surface area contributed by atoms with Crippen molar-refractivity contribution in [3.05, 3.63) is 42.2 Å². The lowest BCUT2D eigenvalue weighted by Crippen LogP contribution is -2.17. The van der Waals surface area contributed by atoms with E-state index in [-0.39, 0.29) is 0 Å². The highest BCUT2D eigenvalue weighted by Gasteiger charge is 2.08. The first-order chi connectivity index (χ1) is 16.1. The number of unbranched alkanes of at least 4 members (excludes halogenated alkanes) is 7. The van der Waals surface area contributed by atoms with Gasteiger partial charge in [-0.2, -0.15) is 0 Å². The molecule has 1 heterocycles. The van der Waals surface area contributed by atoms with Crippen molar-refractivity contribution in [2.75, 3.05) is 6.61 Å². The van der Waals surface area contributed by atoms with Crippen LogP contribution in [0.2, 0.25) is 0 Å². The molecule has 0 spiro atoms. The maximum Gasteiger partial charge on any atom is 0.159 e. The number of aliphatic hydroxyl groups is 1. The molecule has 0 saturated carbocycles. The van der Waals surface area contributed by atoms with Gasteiger partial charge in [-0.25, -0.2) is 9.97 Å². The molecule has 2 atom stereocenters. The first-order valence-corrected chi connectivity index (χ1v) is 13.3. The fraction of sp³-hybridized carbons (Fsp3) is 0.655. The lowest BCUT2D eigenvalue weighted by Gasteiger charge is -2.14. The van der Waals surface area contributed by atoms with Crippen LogP contribution < -0.4 is 4.74 Å². The van der Waals surface area contributed by atoms with Crippen LogP contribution in [0.3, 0.4) is 0 Å². The van der Waals surface area contributed by atoms with Gasteiger partial charge in [-0.05, 0) is 55.0 Å². The first-order valence-electron chi connectivity index (χ1n) is 13.3. The molecule has 0 radical (unpaired) electrons. The number of aromatic nitrogens is 2. The molecule has 0 amide bonds. The second kappa shape index (κ2) is 16.6. The van der Waals surface area contributed by atoms with Crippen LogP contribution in [-0.2, 0) is 6.42 Å². The summed E-state index contributed by atoms with van der Waals surface area (Å²) in [6.07, 6.45) is 19.5. The summed E-state index contributed by atoms with van der Waals surface area (Å²) in [7, 11) is 0. The van der Waals surface area contributed by atoms with E-state index in [1.807, 2.05) is 36.7 Å². The molecule has 0 aliphatic carbocycles. The third-order valence-electron chi connectivity index (χ3n) is 6.51. The van der Waals surface area contributed by atoms with Crippen molar-refractivity contribution >= 4 is 0 Å². The van der Waals surface area contributed by atoms with Gasteiger partial charge >= 0.3 is 0 Å². The molecular formula is C29H46N2O2. The van der Waals surface area contributed by atoms with Crippen LogP contribution in [-0.4, -0.2) is 27.8 Å². The highest BCUT2D eigenvalue weighted by molar-refractivity contribution is 5.55. The van der Waals surface area contributed by atoms with Crippen molar-refractivity contribution in [2.45, 2.75) is 110 Å². The van der Waals surface area contributed by atoms with E-state index in [0.717, 1.165) is 42.3 Å². The number of ether oxygens (including phenoxy) is 1. The van der Waals surface area contributed by atoms with Gasteiger partial charge in [0.1, 0.15) is 12.4 Å². The minimum Gasteiger partial charge on any atom is -0.491 e. The van der Waals surface area contributed by atoms with E-state index in [0.29, 0.717) is 6.61 Å². The van der Waals surface area contributed by atoms with Gasteiger partial charge in [-0.3, -0.25) is 0 Å². The number of aliphatic hydroxyl groups excluding tert-OH is 1. The highest BCUT2D eigenvalue weighted by Crippen LogP contribution is 2.20. The number of benzene rings is 1. The quantitative estimate of drug-likeness (QED) is 0.234. The number of aryl methyl sites for hydroxylation is 1. The summed E-state index contributed by atoms with van der Waals surface area (Å²) in [6, 6.07) is 7.83. The molecule has 2 aromatic rings. The molecule has 0 bridgehead atoms. The van der Waals surface area contributed by atoms with Crippen LogP contribution in [0.1, 0.15) is 103 Å². The number of hydrogen-bond donors (Lipinski definition) is 1. The van der Waals surface area contributed by atoms with Crippen molar-refractivity contribution in [3.8, 4) is 17.1 Å². The molecule has 2 rings (SSSR count). The summed E-state index contributed by atoms with van der Waals surface area (Å²) in [6.45, 7) is 7.08. The van der Waals surface area contributed by atoms with Crippen molar-refractivity contribution in [3.63, 3.8) is 0 Å². The monoisotopic (exact) mass is 454 g/mol. The van der Waals surface area contributed by atoms with E-state index in [4.69, 9.17) is 4.74 Å². The Morgan fingerprint density at radius 1 is 0.818 bits per heavy atom. The van der Waals surface area contributed by atoms with E-state index in [1.165, 1.54) is 69.8 Å². The molecule has 0 aliphatic heterocycles. The maximum atomic E-state index is 10.1. The number of rotatable bonds is 18. The van der Waals surface area contributed by atoms with Gasteiger partial charge in [-0.1, -0.05) is 85.0 Å². The molecule has 1 aromatic carbocycles. The molecule has 0 fully saturated rings. The summed E-state index contributed by atoms with van der Waals surface area (Å²) in [5.41, 5.74) is 2.20. The Bertz CT molecular complexity index is 730. The summed E-state index contributed by atoms with van der Waals surface area (Å²) < 4.78 is 5.76. The van der Waals surface area contributed by atoms with Gasteiger partial charge in [0.15, 0.2) is 5.82 Å². The lowest BCUT2D eigenvalue weighted by atomic mass is 10.0. The lowest BCUT2D eigenvalue weighted by molar-refractivity contribution is 0.0965. The van der Waals surface area contributed by atoms with Gasteiger partial charge in [-0.15, -0.1) is 0 Å². The van der Waals surface area contributed by atoms with Gasteiger partial charge in [0.2, 0.25) is 0 Å². The molecular weight excluding hydrogens is 408 g/mol. The van der Waals surface area contributed by atoms with Gasteiger partial charge in [0.25, 0.3) is 0 Å². The van der Waals surface area contributed by atoms with Crippen molar-refractivity contribution in [2.24, 2.45) is 5.92 Å². The Kier molecular flexibility index (Phi) is 13.8. The fourth-order valence-electron chi connectivity index (χ4n) is 3.98. The van der Waals surface area contributed by atoms with Crippen molar-refractivity contribution in [1.82, 2.24) is 9.97 Å². The minimum absolute atomic E-state index is 0.337. The third kappa shape index (κ3) is 11.7. The van der Waals surface area contributed by atoms with Crippen molar-refractivity contribution in [1.29, 1.82) is 0 Å². The standard InChI is InChI=1S/C29H46N2O2/c1-4-6-7-8-9-10-11-12-15-25-21-30-29(31-22-25)26-17-19-28(20-18-26)33-23-27(32)16-13-14-24(3)5-2/h17-22,24,27,32H,4-16,23H2,1-3H3/t24-,27+/m0/s1. The highest BCUT2D eigenvalue weighted by atomic mass is 16.5. The molecule has 0 aliphatic rings. The van der Waals surface area contributed by atoms with Crippen molar-refractivity contribution < 1.29 is 9.84 Å². The molecule has 184 valence electrons. The topological polar surface area (TPSA) is 55.2 Å². The smallest absolute Gasteiger partial charge is 0.159 e. The molecule has 33 heavy (non-hydrogen) atoms. The normalized spacial score (nSPS) is 13.1. The summed E-state index contributed by atoms with van der Waals surface area (Å²) >= 11 is 0. The molecule has 1 N–H and O–H groups in total. The largest absolute Gasteiger partial charge is 0.491 e. The minimum atomic E-state index is -0.411. The maximum absolute atomic E-state index is 10.1. The molecule has 4 heteroatoms. The second-order valence-corrected chi connectivity index (χ2v) is 9.57. The first kappa shape index (κ1) is 27.3. The Labute approximate surface area is 202 Å². The SMILES string of the molecule is CCCCCCCCCCc1cnc(-c2ccc(OC[C@H](O)CCC[C@@H](C)CC)cc2)nc1. The predicted octanol–water partition coefficient (Wildman–Crippen LogP) is 7.78. The van der Waals surface area contributed by atoms with E-state index in [9.17, 15) is 5.11 Å². The van der Waals surface area contributed by atoms with E-state index >= 15 is 0 Å². The van der Waals surface area contributed by atoms with E-state index < -0.39 is 6.10 Å². The molecule has 0 saturated heterocycles. The Morgan fingerprint density at radius 2 is 1.45 bits per heavy atom. The van der Waals surface area contributed by atoms with Crippen LogP contribution in [0.25, 0.3) is 11.4 Å². The van der Waals surface area contributed by atoms with Crippen LogP contribution in [0.15, 0.2) is 36.7 Å². The fourth-order valence-corrected chi connectivity index (χ4v) is 3.98. The second-order valence-electron chi connectivity index (χ2n) is 9.57. The number of hydrogen-bond acceptors (Lipinski definition) is 4. The summed E-state index contributed by atoms with van der Waals surface area (Å²) in [5, 5.41) is 10.1. The van der Waals surface area contributed by atoms with Crippen LogP contribution in [0.4, 0.5) is 0 Å². The van der Waals surface area contributed by atoms with Crippen LogP contribution in [0, 0.1) is 5.92 Å². The molecule has 1 aromatic heterocycles. The zero-order valence-electron chi connectivity index (χ0n) is 21.3. The van der Waals surface area contributed by atoms with Gasteiger partial charge < -0.3 is 9.84 Å². The van der Waals surface area contributed by atoms with E-state index in [2.05, 4.69) is 30.7 Å². The van der Waals surface area contributed by atoms with E-state index in [1.54, 1.807) is 0 Å². The van der Waals surface area contributed by atoms with Crippen LogP contribution in [0.5, 0.6) is 5.75 Å². The third-order valence-corrected chi connectivity index (χ3v) is 6.51. The van der Waals surface area contributed by atoms with Gasteiger partial charge in [0.05, 0.1) is 6.10 Å². The van der Waals surface area contributed by atoms with Gasteiger partial charge in [0, 0.05) is 18.0 Å². The summed E-state index contributed by atoms with van der Waals surface area (Å²) in [4.78, 5) is 9.13. The summed E-state index contributed by atoms with van der Waals surface area (Å²) in [5.74, 6) is 2.24. The average Bonchev–Trinajstić information content (AvgIpc) is 2.85. The Morgan fingerprint density at radius 3 is 2.09 bits per heavy atom. The van der Waals surface area contributed by atoms with Crippen LogP contribution >= 0.6 is 0 Å². The Balaban J connectivity index is 1.67. The Hall–Kier alpha value is -1.94. The predicted molar refractivity (Wildman–Crippen MR) is 139 cm³/mol. The molecule has 4 nitrogen and oxygen atoms in total. The number of nitrogens with zero attached hydrogens (tertiary/aromatic N) is 2. The zero-order valence-corrected chi connectivity index (χ0v) is 21.3. The zero-order chi connectivity index (χ0) is 23.7. The molecule has 0 unspecified atom stereocenters. The average molecular weight is 455 g/mol.